The van der Waals surface area contributed by atoms with E-state index in [-0.39, 0.29) is 0 Å². The van der Waals surface area contributed by atoms with Crippen LogP contribution in [0, 0.1) is 0 Å². The van der Waals surface area contributed by atoms with Crippen molar-refractivity contribution in [3.8, 4) is 11.5 Å². The summed E-state index contributed by atoms with van der Waals surface area (Å²) >= 11 is 6.01. The van der Waals surface area contributed by atoms with Crippen molar-refractivity contribution in [1.29, 1.82) is 0 Å². The molecule has 0 aromatic heterocycles. The Morgan fingerprint density at radius 2 is 1.67 bits per heavy atom. The van der Waals surface area contributed by atoms with Gasteiger partial charge in [0, 0.05) is 6.54 Å². The Hall–Kier alpha value is -1.71. The Kier molecular flexibility index (Phi) is 6.38. The van der Waals surface area contributed by atoms with Gasteiger partial charge in [-0.25, -0.2) is 0 Å². The summed E-state index contributed by atoms with van der Waals surface area (Å²) in [6.45, 7) is 4.89. The second-order valence-corrected chi connectivity index (χ2v) is 4.96. The molecule has 1 N–H and O–H groups in total. The molecule has 2 aromatic rings. The molecule has 0 aliphatic heterocycles. The van der Waals surface area contributed by atoms with Crippen LogP contribution in [0.5, 0.6) is 11.5 Å². The van der Waals surface area contributed by atoms with E-state index in [0.29, 0.717) is 24.0 Å². The quantitative estimate of drug-likeness (QED) is 0.750. The number of hydrogen-bond donors (Lipinski definition) is 1. The molecule has 4 heteroatoms. The molecule has 0 spiro atoms. The highest BCUT2D eigenvalue weighted by Crippen LogP contribution is 2.22. The zero-order chi connectivity index (χ0) is 14.9. The summed E-state index contributed by atoms with van der Waals surface area (Å²) in [6, 6.07) is 15.5. The highest BCUT2D eigenvalue weighted by molar-refractivity contribution is 6.32. The Morgan fingerprint density at radius 1 is 0.952 bits per heavy atom. The van der Waals surface area contributed by atoms with Crippen LogP contribution in [0.1, 0.15) is 12.5 Å². The van der Waals surface area contributed by atoms with E-state index in [2.05, 4.69) is 24.4 Å². The van der Waals surface area contributed by atoms with Gasteiger partial charge in [-0.05, 0) is 36.4 Å². The van der Waals surface area contributed by atoms with Crippen molar-refractivity contribution in [3.05, 3.63) is 59.1 Å². The van der Waals surface area contributed by atoms with Crippen LogP contribution in [0.3, 0.4) is 0 Å². The van der Waals surface area contributed by atoms with Crippen molar-refractivity contribution in [1.82, 2.24) is 5.32 Å². The summed E-state index contributed by atoms with van der Waals surface area (Å²) in [4.78, 5) is 0. The fourth-order valence-electron chi connectivity index (χ4n) is 1.85. The summed E-state index contributed by atoms with van der Waals surface area (Å²) in [5, 5.41) is 3.90. The van der Waals surface area contributed by atoms with Gasteiger partial charge < -0.3 is 14.8 Å². The van der Waals surface area contributed by atoms with Gasteiger partial charge in [0.1, 0.15) is 24.7 Å². The monoisotopic (exact) mass is 305 g/mol. The van der Waals surface area contributed by atoms with Crippen molar-refractivity contribution in [2.24, 2.45) is 0 Å². The molecule has 21 heavy (non-hydrogen) atoms. The van der Waals surface area contributed by atoms with Gasteiger partial charge in [0.05, 0.1) is 5.02 Å². The lowest BCUT2D eigenvalue weighted by atomic mass is 10.2. The van der Waals surface area contributed by atoms with Gasteiger partial charge in [0.2, 0.25) is 0 Å². The van der Waals surface area contributed by atoms with E-state index in [0.717, 1.165) is 18.8 Å². The Bertz CT molecular complexity index is 543. The smallest absolute Gasteiger partial charge is 0.138 e. The Morgan fingerprint density at radius 3 is 2.38 bits per heavy atom. The van der Waals surface area contributed by atoms with E-state index in [9.17, 15) is 0 Å². The van der Waals surface area contributed by atoms with Crippen LogP contribution in [0.25, 0.3) is 0 Å². The van der Waals surface area contributed by atoms with Crippen LogP contribution in [0.4, 0.5) is 0 Å². The maximum absolute atomic E-state index is 6.01. The van der Waals surface area contributed by atoms with E-state index >= 15 is 0 Å². The maximum Gasteiger partial charge on any atom is 0.138 e. The maximum atomic E-state index is 6.01. The standard InChI is InChI=1S/C17H20ClNO2/c1-2-19-13-14-7-9-15(10-8-14)20-11-12-21-17-6-4-3-5-16(17)18/h3-10,19H,2,11-13H2,1H3. The Labute approximate surface area is 130 Å². The molecule has 0 radical (unpaired) electrons. The number of ether oxygens (including phenoxy) is 2. The van der Waals surface area contributed by atoms with Crippen molar-refractivity contribution in [3.63, 3.8) is 0 Å². The minimum absolute atomic E-state index is 0.461. The molecule has 0 amide bonds. The molecule has 0 aliphatic rings. The number of benzene rings is 2. The fourth-order valence-corrected chi connectivity index (χ4v) is 2.04. The molecule has 0 aliphatic carbocycles. The molecule has 0 saturated heterocycles. The number of para-hydroxylation sites is 1. The molecule has 0 bridgehead atoms. The van der Waals surface area contributed by atoms with Crippen molar-refractivity contribution in [2.45, 2.75) is 13.5 Å². The van der Waals surface area contributed by atoms with Gasteiger partial charge in [-0.15, -0.1) is 0 Å². The highest BCUT2D eigenvalue weighted by Gasteiger charge is 2.00. The second kappa shape index (κ2) is 8.55. The first-order chi connectivity index (χ1) is 10.3. The lowest BCUT2D eigenvalue weighted by molar-refractivity contribution is 0.217. The van der Waals surface area contributed by atoms with Crippen LogP contribution < -0.4 is 14.8 Å². The second-order valence-electron chi connectivity index (χ2n) is 4.55. The van der Waals surface area contributed by atoms with Crippen molar-refractivity contribution in [2.75, 3.05) is 19.8 Å². The SMILES string of the molecule is CCNCc1ccc(OCCOc2ccccc2Cl)cc1. The minimum Gasteiger partial charge on any atom is -0.490 e. The average Bonchev–Trinajstić information content (AvgIpc) is 2.52. The van der Waals surface area contributed by atoms with Crippen molar-refractivity contribution < 1.29 is 9.47 Å². The van der Waals surface area contributed by atoms with Crippen LogP contribution in [0.2, 0.25) is 5.02 Å². The number of hydrogen-bond acceptors (Lipinski definition) is 3. The third-order valence-electron chi connectivity index (χ3n) is 2.95. The molecule has 0 saturated carbocycles. The largest absolute Gasteiger partial charge is 0.490 e. The number of rotatable bonds is 8. The van der Waals surface area contributed by atoms with E-state index in [1.165, 1.54) is 5.56 Å². The molecular formula is C17H20ClNO2. The van der Waals surface area contributed by atoms with E-state index in [4.69, 9.17) is 21.1 Å². The number of halogens is 1. The third-order valence-corrected chi connectivity index (χ3v) is 3.26. The van der Waals surface area contributed by atoms with E-state index in [1.54, 1.807) is 6.07 Å². The minimum atomic E-state index is 0.461. The molecule has 2 rings (SSSR count). The average molecular weight is 306 g/mol. The lowest BCUT2D eigenvalue weighted by Gasteiger charge is -2.10. The predicted octanol–water partition coefficient (Wildman–Crippen LogP) is 3.91. The third kappa shape index (κ3) is 5.29. The van der Waals surface area contributed by atoms with Gasteiger partial charge in [0.15, 0.2) is 0 Å². The van der Waals surface area contributed by atoms with Crippen LogP contribution in [-0.2, 0) is 6.54 Å². The van der Waals surface area contributed by atoms with Gasteiger partial charge in [-0.2, -0.15) is 0 Å². The normalized spacial score (nSPS) is 10.4. The van der Waals surface area contributed by atoms with Crippen LogP contribution in [0.15, 0.2) is 48.5 Å². The van der Waals surface area contributed by atoms with E-state index in [1.807, 2.05) is 30.3 Å². The fraction of sp³-hybridized carbons (Fsp3) is 0.294. The molecule has 112 valence electrons. The first-order valence-electron chi connectivity index (χ1n) is 7.09. The molecule has 0 unspecified atom stereocenters. The van der Waals surface area contributed by atoms with Gasteiger partial charge in [-0.1, -0.05) is 42.8 Å². The number of nitrogens with one attached hydrogen (secondary N) is 1. The Balaban J connectivity index is 1.72. The molecule has 0 atom stereocenters. The van der Waals surface area contributed by atoms with Crippen molar-refractivity contribution >= 4 is 11.6 Å². The summed E-state index contributed by atoms with van der Waals surface area (Å²) in [7, 11) is 0. The van der Waals surface area contributed by atoms with Crippen LogP contribution >= 0.6 is 11.6 Å². The van der Waals surface area contributed by atoms with Gasteiger partial charge >= 0.3 is 0 Å². The zero-order valence-corrected chi connectivity index (χ0v) is 12.9. The lowest BCUT2D eigenvalue weighted by Crippen LogP contribution is -2.12. The van der Waals surface area contributed by atoms with Gasteiger partial charge in [0.25, 0.3) is 0 Å². The van der Waals surface area contributed by atoms with Crippen LogP contribution in [-0.4, -0.2) is 19.8 Å². The molecule has 2 aromatic carbocycles. The predicted molar refractivity (Wildman–Crippen MR) is 86.3 cm³/mol. The van der Waals surface area contributed by atoms with E-state index < -0.39 is 0 Å². The zero-order valence-electron chi connectivity index (χ0n) is 12.1. The summed E-state index contributed by atoms with van der Waals surface area (Å²) in [6.07, 6.45) is 0. The molecule has 0 fully saturated rings. The first-order valence-corrected chi connectivity index (χ1v) is 7.47. The summed E-state index contributed by atoms with van der Waals surface area (Å²) < 4.78 is 11.2. The van der Waals surface area contributed by atoms with Gasteiger partial charge in [-0.3, -0.25) is 0 Å². The first kappa shape index (κ1) is 15.7. The molecule has 3 nitrogen and oxygen atoms in total. The highest BCUT2D eigenvalue weighted by atomic mass is 35.5. The summed E-state index contributed by atoms with van der Waals surface area (Å²) in [5.41, 5.74) is 1.25. The molecule has 0 heterocycles. The molecular weight excluding hydrogens is 286 g/mol. The summed E-state index contributed by atoms with van der Waals surface area (Å²) in [5.74, 6) is 1.53. The topological polar surface area (TPSA) is 30.5 Å².